The summed E-state index contributed by atoms with van der Waals surface area (Å²) in [4.78, 5) is 34.6. The van der Waals surface area contributed by atoms with Crippen LogP contribution in [0, 0.1) is 0 Å². The van der Waals surface area contributed by atoms with Crippen LogP contribution in [-0.2, 0) is 4.79 Å². The summed E-state index contributed by atoms with van der Waals surface area (Å²) in [7, 11) is 0. The number of rotatable bonds is 4. The highest BCUT2D eigenvalue weighted by atomic mass is 35.5. The molecule has 2 aliphatic rings. The van der Waals surface area contributed by atoms with Crippen molar-refractivity contribution in [2.24, 2.45) is 0 Å². The fourth-order valence-electron chi connectivity index (χ4n) is 5.69. The van der Waals surface area contributed by atoms with E-state index in [0.29, 0.717) is 47.0 Å². The first kappa shape index (κ1) is 24.1. The van der Waals surface area contributed by atoms with Crippen LogP contribution in [0.25, 0.3) is 10.2 Å². The number of carbonyl (C=O) groups is 2. The lowest BCUT2D eigenvalue weighted by Crippen LogP contribution is -2.51. The van der Waals surface area contributed by atoms with Crippen LogP contribution in [-0.4, -0.2) is 39.0 Å². The highest BCUT2D eigenvalue weighted by Crippen LogP contribution is 2.46. The number of benzene rings is 3. The van der Waals surface area contributed by atoms with Crippen molar-refractivity contribution in [1.29, 1.82) is 0 Å². The molecule has 0 radical (unpaired) electrons. The van der Waals surface area contributed by atoms with Crippen LogP contribution in [0.2, 0.25) is 5.02 Å². The van der Waals surface area contributed by atoms with Gasteiger partial charge in [0, 0.05) is 16.6 Å². The van der Waals surface area contributed by atoms with Crippen molar-refractivity contribution in [3.05, 3.63) is 94.5 Å². The van der Waals surface area contributed by atoms with E-state index in [1.807, 2.05) is 59.5 Å². The average molecular weight is 532 g/mol. The highest BCUT2D eigenvalue weighted by Gasteiger charge is 2.47. The average Bonchev–Trinajstić information content (AvgIpc) is 3.32. The van der Waals surface area contributed by atoms with Gasteiger partial charge in [0.15, 0.2) is 5.13 Å². The smallest absolute Gasteiger partial charge is 0.254 e. The predicted molar refractivity (Wildman–Crippen MR) is 146 cm³/mol. The number of aromatic nitrogens is 1. The van der Waals surface area contributed by atoms with Crippen molar-refractivity contribution in [1.82, 2.24) is 9.88 Å². The van der Waals surface area contributed by atoms with Crippen molar-refractivity contribution in [3.8, 4) is 0 Å². The maximum atomic E-state index is 14.1. The zero-order valence-corrected chi connectivity index (χ0v) is 21.6. The Bertz CT molecular complexity index is 1430. The molecule has 2 N–H and O–H groups in total. The van der Waals surface area contributed by atoms with Crippen molar-refractivity contribution in [2.75, 3.05) is 5.32 Å². The molecular weight excluding hydrogens is 506 g/mol. The molecule has 1 aliphatic carbocycles. The van der Waals surface area contributed by atoms with Crippen LogP contribution < -0.4 is 5.32 Å². The third-order valence-corrected chi connectivity index (χ3v) is 8.66. The molecule has 0 saturated heterocycles. The molecule has 2 heterocycles. The number of hydrogen-bond donors (Lipinski definition) is 2. The van der Waals surface area contributed by atoms with Gasteiger partial charge in [-0.3, -0.25) is 9.59 Å². The van der Waals surface area contributed by atoms with Crippen LogP contribution in [0.4, 0.5) is 5.13 Å². The number of nitrogens with zero attached hydrogens (tertiary/aromatic N) is 2. The molecule has 1 aliphatic heterocycles. The number of aliphatic hydroxyl groups is 1. The van der Waals surface area contributed by atoms with Crippen molar-refractivity contribution >= 4 is 50.1 Å². The van der Waals surface area contributed by atoms with Gasteiger partial charge in [-0.15, -0.1) is 0 Å². The van der Waals surface area contributed by atoms with Crippen LogP contribution in [0.1, 0.15) is 59.1 Å². The van der Waals surface area contributed by atoms with Crippen LogP contribution in [0.3, 0.4) is 0 Å². The van der Waals surface area contributed by atoms with Crippen molar-refractivity contribution < 1.29 is 14.7 Å². The molecule has 6 rings (SSSR count). The second-order valence-electron chi connectivity index (χ2n) is 9.71. The molecule has 1 saturated carbocycles. The van der Waals surface area contributed by atoms with Gasteiger partial charge in [-0.25, -0.2) is 4.98 Å². The zero-order valence-electron chi connectivity index (χ0n) is 20.0. The molecule has 8 heteroatoms. The standard InChI is InChI=1S/C29H26ClN3O3S/c30-18-11-9-17(10-12-18)26-25(27(35)32-29-31-23-7-3-4-8-24(23)37-29)21-5-1-2-6-22(21)28(36)33(26)19-13-15-20(34)16-14-19/h1-12,19-20,25-26,34H,13-16H2,(H,31,32,35)/t19?,20?,25?,26-/m0/s1. The molecule has 0 spiro atoms. The number of hydrogen-bond acceptors (Lipinski definition) is 5. The summed E-state index contributed by atoms with van der Waals surface area (Å²) in [6.07, 6.45) is 2.28. The largest absolute Gasteiger partial charge is 0.393 e. The number of fused-ring (bicyclic) bond motifs is 2. The Labute approximate surface area is 223 Å². The second-order valence-corrected chi connectivity index (χ2v) is 11.2. The molecule has 2 amide bonds. The lowest BCUT2D eigenvalue weighted by molar-refractivity contribution is -0.119. The Balaban J connectivity index is 1.46. The van der Waals surface area contributed by atoms with Crippen LogP contribution in [0.15, 0.2) is 72.8 Å². The van der Waals surface area contributed by atoms with Gasteiger partial charge < -0.3 is 15.3 Å². The third-order valence-electron chi connectivity index (χ3n) is 7.45. The van der Waals surface area contributed by atoms with E-state index in [1.165, 1.54) is 11.3 Å². The van der Waals surface area contributed by atoms with E-state index in [2.05, 4.69) is 10.3 Å². The summed E-state index contributed by atoms with van der Waals surface area (Å²) in [6.45, 7) is 0. The molecule has 6 nitrogen and oxygen atoms in total. The summed E-state index contributed by atoms with van der Waals surface area (Å²) in [5.74, 6) is -0.935. The molecule has 4 aromatic rings. The summed E-state index contributed by atoms with van der Waals surface area (Å²) >= 11 is 7.64. The lowest BCUT2D eigenvalue weighted by Gasteiger charge is -2.47. The first-order chi connectivity index (χ1) is 18.0. The molecule has 3 aromatic carbocycles. The highest BCUT2D eigenvalue weighted by molar-refractivity contribution is 7.22. The Morgan fingerprint density at radius 3 is 2.43 bits per heavy atom. The van der Waals surface area contributed by atoms with E-state index >= 15 is 0 Å². The van der Waals surface area contributed by atoms with Gasteiger partial charge in [-0.2, -0.15) is 0 Å². The van der Waals surface area contributed by atoms with E-state index in [4.69, 9.17) is 11.6 Å². The Morgan fingerprint density at radius 1 is 0.973 bits per heavy atom. The SMILES string of the molecule is O=C(Nc1nc2ccccc2s1)C1c2ccccc2C(=O)N(C2CCC(O)CC2)[C@H]1c1ccc(Cl)cc1. The van der Waals surface area contributed by atoms with E-state index in [0.717, 1.165) is 15.8 Å². The number of nitrogens with one attached hydrogen (secondary N) is 1. The summed E-state index contributed by atoms with van der Waals surface area (Å²) in [5.41, 5.74) is 2.93. The molecule has 1 aromatic heterocycles. The quantitative estimate of drug-likeness (QED) is 0.330. The van der Waals surface area contributed by atoms with E-state index in [-0.39, 0.29) is 24.0 Å². The zero-order chi connectivity index (χ0) is 25.5. The Hall–Kier alpha value is -3.26. The molecule has 2 atom stereocenters. The van der Waals surface area contributed by atoms with Gasteiger partial charge >= 0.3 is 0 Å². The van der Waals surface area contributed by atoms with E-state index < -0.39 is 12.0 Å². The Morgan fingerprint density at radius 2 is 1.68 bits per heavy atom. The number of para-hydroxylation sites is 1. The minimum atomic E-state index is -0.645. The van der Waals surface area contributed by atoms with E-state index in [9.17, 15) is 14.7 Å². The van der Waals surface area contributed by atoms with Crippen LogP contribution >= 0.6 is 22.9 Å². The molecule has 188 valence electrons. The van der Waals surface area contributed by atoms with Gasteiger partial charge in [0.05, 0.1) is 28.3 Å². The normalized spacial score (nSPS) is 23.6. The van der Waals surface area contributed by atoms with E-state index in [1.54, 1.807) is 18.2 Å². The lowest BCUT2D eigenvalue weighted by atomic mass is 9.77. The summed E-state index contributed by atoms with van der Waals surface area (Å²) < 4.78 is 0.994. The third kappa shape index (κ3) is 4.52. The van der Waals surface area contributed by atoms with Gasteiger partial charge in [0.2, 0.25) is 5.91 Å². The second kappa shape index (κ2) is 9.89. The Kier molecular flexibility index (Phi) is 6.44. The minimum Gasteiger partial charge on any atom is -0.393 e. The fraction of sp³-hybridized carbons (Fsp3) is 0.276. The molecular formula is C29H26ClN3O3S. The summed E-state index contributed by atoms with van der Waals surface area (Å²) in [6, 6.07) is 22.0. The van der Waals surface area contributed by atoms with Crippen molar-refractivity contribution in [2.45, 2.75) is 49.8 Å². The van der Waals surface area contributed by atoms with Crippen molar-refractivity contribution in [3.63, 3.8) is 0 Å². The fourth-order valence-corrected chi connectivity index (χ4v) is 6.69. The number of halogens is 1. The van der Waals surface area contributed by atoms with Gasteiger partial charge in [-0.05, 0) is 67.1 Å². The number of aliphatic hydroxyl groups excluding tert-OH is 1. The first-order valence-corrected chi connectivity index (χ1v) is 13.7. The first-order valence-electron chi connectivity index (χ1n) is 12.5. The van der Waals surface area contributed by atoms with Gasteiger partial charge in [-0.1, -0.05) is 65.4 Å². The number of thiazole rings is 1. The van der Waals surface area contributed by atoms with Crippen LogP contribution in [0.5, 0.6) is 0 Å². The maximum Gasteiger partial charge on any atom is 0.254 e. The van der Waals surface area contributed by atoms with Gasteiger partial charge in [0.25, 0.3) is 5.91 Å². The minimum absolute atomic E-state index is 0.0808. The summed E-state index contributed by atoms with van der Waals surface area (Å²) in [5, 5.41) is 14.3. The van der Waals surface area contributed by atoms with Gasteiger partial charge in [0.1, 0.15) is 0 Å². The predicted octanol–water partition coefficient (Wildman–Crippen LogP) is 6.17. The number of amides is 2. The number of carbonyl (C=O) groups excluding carboxylic acids is 2. The molecule has 1 unspecified atom stereocenters. The molecule has 0 bridgehead atoms. The maximum absolute atomic E-state index is 14.1. The molecule has 37 heavy (non-hydrogen) atoms. The monoisotopic (exact) mass is 531 g/mol. The topological polar surface area (TPSA) is 82.5 Å². The number of anilines is 1. The molecule has 1 fully saturated rings.